The predicted octanol–water partition coefficient (Wildman–Crippen LogP) is 12.5. The second kappa shape index (κ2) is 52.5. The smallest absolute Gasteiger partial charge is 0.306 e. The van der Waals surface area contributed by atoms with Gasteiger partial charge in [0, 0.05) is 13.0 Å². The molecule has 11 unspecified atom stereocenters. The maximum Gasteiger partial charge on any atom is 0.306 e. The quantitative estimate of drug-likeness (QED) is 0.0172. The van der Waals surface area contributed by atoms with Crippen LogP contribution in [0.15, 0.2) is 97.2 Å². The molecule has 2 aliphatic rings. The van der Waals surface area contributed by atoms with Gasteiger partial charge in [-0.15, -0.1) is 0 Å². The Labute approximate surface area is 490 Å². The SMILES string of the molecule is CC/C=C\C/C=C\C/C=C\C/C=C\C/C=C\C/C=C\CCCCCCCCCOCC(COC1OC(COC2OC(CO)C(O)C(O)C2O)C(O)C(O)C1O)OC(=O)CCCCCCCCCCC/C=C\C/C=C\CCCCCCC. The van der Waals surface area contributed by atoms with Crippen LogP contribution in [0.3, 0.4) is 0 Å². The van der Waals surface area contributed by atoms with Crippen molar-refractivity contribution in [3.63, 3.8) is 0 Å². The molecule has 81 heavy (non-hydrogen) atoms. The average Bonchev–Trinajstić information content (AvgIpc) is 3.60. The predicted molar refractivity (Wildman–Crippen MR) is 325 cm³/mol. The van der Waals surface area contributed by atoms with Crippen molar-refractivity contribution in [3.05, 3.63) is 97.2 Å². The molecule has 14 nitrogen and oxygen atoms in total. The molecule has 2 fully saturated rings. The number of carbonyl (C=O) groups excluding carboxylic acids is 1. The van der Waals surface area contributed by atoms with Crippen LogP contribution in [0.5, 0.6) is 0 Å². The van der Waals surface area contributed by atoms with Gasteiger partial charge >= 0.3 is 5.97 Å². The fourth-order valence-electron chi connectivity index (χ4n) is 9.50. The molecular weight excluding hydrogens is 1030 g/mol. The normalized spacial score (nSPS) is 24.4. The van der Waals surface area contributed by atoms with Gasteiger partial charge in [0.2, 0.25) is 0 Å². The maximum absolute atomic E-state index is 13.1. The first-order valence-corrected chi connectivity index (χ1v) is 31.8. The Hall–Kier alpha value is -3.09. The van der Waals surface area contributed by atoms with Gasteiger partial charge in [-0.1, -0.05) is 214 Å². The highest BCUT2D eigenvalue weighted by Crippen LogP contribution is 2.27. The van der Waals surface area contributed by atoms with Crippen LogP contribution in [0.2, 0.25) is 0 Å². The van der Waals surface area contributed by atoms with Crippen molar-refractivity contribution in [2.75, 3.05) is 33.0 Å². The van der Waals surface area contributed by atoms with Gasteiger partial charge in [0.05, 0.1) is 26.4 Å². The van der Waals surface area contributed by atoms with Crippen LogP contribution in [0, 0.1) is 0 Å². The second-order valence-corrected chi connectivity index (χ2v) is 21.8. The number of allylic oxidation sites excluding steroid dienone is 16. The molecule has 0 aromatic heterocycles. The average molecular weight is 1140 g/mol. The van der Waals surface area contributed by atoms with E-state index in [1.807, 2.05) is 0 Å². The molecule has 0 spiro atoms. The molecule has 0 aromatic carbocycles. The molecule has 466 valence electrons. The molecule has 14 heteroatoms. The number of aliphatic hydroxyl groups excluding tert-OH is 7. The standard InChI is InChI=1S/C67H114O14/c1-3-5-7-9-11-13-15-17-19-21-23-25-26-27-28-29-31-33-35-37-39-41-43-45-47-49-51-76-53-56(54-77-66-65(75)63(73)61(71)58(81-66)55-78-67-64(74)62(72)60(70)57(52-68)80-67)79-59(69)50-48-46-44-42-40-38-36-34-32-30-24-22-20-18-16-14-12-10-8-6-4-2/h5,7,11,13,16-19,22-25,27-28,31,33,56-58,60-68,70-75H,3-4,6,8-10,12,14-15,20-21,26,29-30,32,34-55H2,1-2H3/b7-5-,13-11-,18-16-,19-17-,24-22-,25-23-,28-27-,33-31-. The third kappa shape index (κ3) is 38.5. The maximum atomic E-state index is 13.1. The van der Waals surface area contributed by atoms with E-state index in [0.717, 1.165) is 103 Å². The third-order valence-electron chi connectivity index (χ3n) is 14.6. The summed E-state index contributed by atoms with van der Waals surface area (Å²) in [6.07, 6.45) is 54.6. The van der Waals surface area contributed by atoms with Crippen molar-refractivity contribution in [1.82, 2.24) is 0 Å². The van der Waals surface area contributed by atoms with Gasteiger partial charge < -0.3 is 64.2 Å². The van der Waals surface area contributed by atoms with Crippen molar-refractivity contribution < 1.29 is 69.0 Å². The van der Waals surface area contributed by atoms with E-state index in [9.17, 15) is 40.5 Å². The fraction of sp³-hybridized carbons (Fsp3) is 0.746. The van der Waals surface area contributed by atoms with E-state index in [-0.39, 0.29) is 25.6 Å². The molecule has 2 aliphatic heterocycles. The summed E-state index contributed by atoms with van der Waals surface area (Å²) in [5.74, 6) is -0.387. The third-order valence-corrected chi connectivity index (χ3v) is 14.6. The molecule has 0 saturated carbocycles. The van der Waals surface area contributed by atoms with E-state index in [4.69, 9.17) is 28.4 Å². The highest BCUT2D eigenvalue weighted by Gasteiger charge is 2.47. The fourth-order valence-corrected chi connectivity index (χ4v) is 9.50. The molecule has 0 aromatic rings. The molecule has 11 atom stereocenters. The van der Waals surface area contributed by atoms with Crippen molar-refractivity contribution in [1.29, 1.82) is 0 Å². The lowest BCUT2D eigenvalue weighted by Gasteiger charge is -2.42. The van der Waals surface area contributed by atoms with E-state index in [1.54, 1.807) is 0 Å². The number of ether oxygens (including phenoxy) is 6. The van der Waals surface area contributed by atoms with E-state index < -0.39 is 80.7 Å². The Morgan fingerprint density at radius 2 is 0.802 bits per heavy atom. The number of hydrogen-bond donors (Lipinski definition) is 7. The number of aliphatic hydroxyl groups is 7. The summed E-state index contributed by atoms with van der Waals surface area (Å²) in [5, 5.41) is 72.5. The van der Waals surface area contributed by atoms with Crippen LogP contribution >= 0.6 is 0 Å². The monoisotopic (exact) mass is 1140 g/mol. The molecule has 0 amide bonds. The lowest BCUT2D eigenvalue weighted by Crippen LogP contribution is -2.61. The number of carbonyl (C=O) groups is 1. The molecule has 0 aliphatic carbocycles. The molecular formula is C67H114O14. The number of hydrogen-bond acceptors (Lipinski definition) is 14. The first-order valence-electron chi connectivity index (χ1n) is 31.8. The van der Waals surface area contributed by atoms with Gasteiger partial charge in [-0.25, -0.2) is 0 Å². The highest BCUT2D eigenvalue weighted by atomic mass is 16.7. The zero-order valence-electron chi connectivity index (χ0n) is 50.2. The van der Waals surface area contributed by atoms with E-state index >= 15 is 0 Å². The topological polar surface area (TPSA) is 214 Å². The van der Waals surface area contributed by atoms with Gasteiger partial charge in [-0.2, -0.15) is 0 Å². The van der Waals surface area contributed by atoms with Gasteiger partial charge in [0.25, 0.3) is 0 Å². The molecule has 0 bridgehead atoms. The zero-order valence-corrected chi connectivity index (χ0v) is 50.2. The lowest BCUT2D eigenvalue weighted by atomic mass is 9.98. The summed E-state index contributed by atoms with van der Waals surface area (Å²) in [5.41, 5.74) is 0. The summed E-state index contributed by atoms with van der Waals surface area (Å²) in [4.78, 5) is 13.1. The number of unbranched alkanes of at least 4 members (excludes halogenated alkanes) is 21. The minimum Gasteiger partial charge on any atom is -0.457 e. The summed E-state index contributed by atoms with van der Waals surface area (Å²) in [6, 6.07) is 0. The van der Waals surface area contributed by atoms with Crippen LogP contribution in [0.4, 0.5) is 0 Å². The van der Waals surface area contributed by atoms with Crippen molar-refractivity contribution in [2.24, 2.45) is 0 Å². The minimum atomic E-state index is -1.72. The van der Waals surface area contributed by atoms with Crippen LogP contribution in [-0.4, -0.2) is 142 Å². The largest absolute Gasteiger partial charge is 0.457 e. The summed E-state index contributed by atoms with van der Waals surface area (Å²) in [7, 11) is 0. The summed E-state index contributed by atoms with van der Waals surface area (Å²) < 4.78 is 34.5. The van der Waals surface area contributed by atoms with Gasteiger partial charge in [0.15, 0.2) is 12.6 Å². The molecule has 2 heterocycles. The Morgan fingerprint density at radius 1 is 0.420 bits per heavy atom. The highest BCUT2D eigenvalue weighted by molar-refractivity contribution is 5.69. The first-order chi connectivity index (χ1) is 39.6. The van der Waals surface area contributed by atoms with Gasteiger partial charge in [0.1, 0.15) is 54.9 Å². The number of rotatable bonds is 51. The number of esters is 1. The van der Waals surface area contributed by atoms with Crippen LogP contribution in [0.25, 0.3) is 0 Å². The molecule has 0 radical (unpaired) electrons. The first kappa shape index (κ1) is 74.0. The lowest BCUT2D eigenvalue weighted by molar-refractivity contribution is -0.332. The van der Waals surface area contributed by atoms with Crippen molar-refractivity contribution in [3.8, 4) is 0 Å². The van der Waals surface area contributed by atoms with E-state index in [0.29, 0.717) is 13.0 Å². The Balaban J connectivity index is 1.69. The minimum absolute atomic E-state index is 0.0465. The van der Waals surface area contributed by atoms with E-state index in [2.05, 4.69) is 111 Å². The zero-order chi connectivity index (χ0) is 58.6. The van der Waals surface area contributed by atoms with Crippen molar-refractivity contribution >= 4 is 5.97 Å². The summed E-state index contributed by atoms with van der Waals surface area (Å²) >= 11 is 0. The molecule has 7 N–H and O–H groups in total. The van der Waals surface area contributed by atoms with Gasteiger partial charge in [-0.3, -0.25) is 4.79 Å². The van der Waals surface area contributed by atoms with Crippen molar-refractivity contribution in [2.45, 2.75) is 287 Å². The Bertz CT molecular complexity index is 1710. The Morgan fingerprint density at radius 3 is 1.26 bits per heavy atom. The summed E-state index contributed by atoms with van der Waals surface area (Å²) in [6.45, 7) is 3.54. The molecule has 2 rings (SSSR count). The van der Waals surface area contributed by atoms with Crippen LogP contribution in [0.1, 0.15) is 219 Å². The van der Waals surface area contributed by atoms with E-state index in [1.165, 1.54) is 89.9 Å². The Kier molecular flexibility index (Phi) is 47.9. The van der Waals surface area contributed by atoms with Gasteiger partial charge in [-0.05, 0) is 96.3 Å². The van der Waals surface area contributed by atoms with Crippen LogP contribution < -0.4 is 0 Å². The molecule has 2 saturated heterocycles. The van der Waals surface area contributed by atoms with Crippen LogP contribution in [-0.2, 0) is 33.2 Å². The second-order valence-electron chi connectivity index (χ2n) is 21.8.